The first kappa shape index (κ1) is 17.1. The van der Waals surface area contributed by atoms with Gasteiger partial charge in [0.25, 0.3) is 0 Å². The zero-order chi connectivity index (χ0) is 17.2. The van der Waals surface area contributed by atoms with E-state index >= 15 is 0 Å². The van der Waals surface area contributed by atoms with Gasteiger partial charge in [-0.2, -0.15) is 0 Å². The van der Waals surface area contributed by atoms with Gasteiger partial charge in [0, 0.05) is 19.0 Å². The maximum absolute atomic E-state index is 12.4. The van der Waals surface area contributed by atoms with E-state index in [0.29, 0.717) is 19.0 Å². The van der Waals surface area contributed by atoms with Crippen molar-refractivity contribution in [1.29, 1.82) is 0 Å². The average Bonchev–Trinajstić information content (AvgIpc) is 2.58. The van der Waals surface area contributed by atoms with Crippen LogP contribution in [0.1, 0.15) is 49.7 Å². The molecule has 3 rings (SSSR count). The van der Waals surface area contributed by atoms with E-state index in [-0.39, 0.29) is 6.03 Å². The third-order valence-corrected chi connectivity index (χ3v) is 5.25. The van der Waals surface area contributed by atoms with Crippen molar-refractivity contribution in [3.63, 3.8) is 0 Å². The molecule has 1 saturated heterocycles. The van der Waals surface area contributed by atoms with Gasteiger partial charge < -0.3 is 20.1 Å². The molecule has 24 heavy (non-hydrogen) atoms. The van der Waals surface area contributed by atoms with Crippen LogP contribution in [0.3, 0.4) is 0 Å². The Morgan fingerprint density at radius 1 is 1.46 bits per heavy atom. The summed E-state index contributed by atoms with van der Waals surface area (Å²) >= 11 is 0. The zero-order valence-corrected chi connectivity index (χ0v) is 14.7. The molecule has 2 atom stereocenters. The topological polar surface area (TPSA) is 61.8 Å². The number of ether oxygens (including phenoxy) is 1. The Hall–Kier alpha value is -1.75. The number of nitrogens with one attached hydrogen (secondary N) is 1. The Morgan fingerprint density at radius 2 is 2.29 bits per heavy atom. The molecule has 1 aliphatic heterocycles. The third-order valence-electron chi connectivity index (χ3n) is 5.25. The second-order valence-electron chi connectivity index (χ2n) is 7.36. The lowest BCUT2D eigenvalue weighted by Crippen LogP contribution is -2.52. The van der Waals surface area contributed by atoms with E-state index in [9.17, 15) is 9.90 Å². The number of benzene rings is 1. The van der Waals surface area contributed by atoms with E-state index in [1.807, 2.05) is 6.07 Å². The number of piperidine rings is 1. The molecule has 2 amide bonds. The number of methoxy groups -OCH3 is 1. The van der Waals surface area contributed by atoms with Crippen molar-refractivity contribution in [2.75, 3.05) is 26.7 Å². The van der Waals surface area contributed by atoms with E-state index in [4.69, 9.17) is 4.74 Å². The molecule has 5 nitrogen and oxygen atoms in total. The summed E-state index contributed by atoms with van der Waals surface area (Å²) in [6, 6.07) is 6.19. The fourth-order valence-corrected chi connectivity index (χ4v) is 3.95. The monoisotopic (exact) mass is 332 g/mol. The SMILES string of the molecule is COc1ccc2c(c1)CCC[C@H]2CNC(=O)N1CCC[C@](C)(O)C1. The highest BCUT2D eigenvalue weighted by Crippen LogP contribution is 2.33. The van der Waals surface area contributed by atoms with Crippen molar-refractivity contribution < 1.29 is 14.6 Å². The van der Waals surface area contributed by atoms with Gasteiger partial charge in [0.1, 0.15) is 5.75 Å². The Balaban J connectivity index is 1.60. The highest BCUT2D eigenvalue weighted by Gasteiger charge is 2.31. The molecule has 0 unspecified atom stereocenters. The molecule has 0 spiro atoms. The summed E-state index contributed by atoms with van der Waals surface area (Å²) in [4.78, 5) is 14.2. The van der Waals surface area contributed by atoms with Crippen LogP contribution in [-0.4, -0.2) is 48.4 Å². The molecule has 1 aromatic carbocycles. The van der Waals surface area contributed by atoms with Crippen molar-refractivity contribution in [2.24, 2.45) is 0 Å². The largest absolute Gasteiger partial charge is 0.497 e. The van der Waals surface area contributed by atoms with Gasteiger partial charge in [0.2, 0.25) is 0 Å². The number of aryl methyl sites for hydroxylation is 1. The van der Waals surface area contributed by atoms with Gasteiger partial charge in [0.05, 0.1) is 19.3 Å². The molecular formula is C19H28N2O3. The quantitative estimate of drug-likeness (QED) is 0.894. The third kappa shape index (κ3) is 3.83. The molecule has 0 radical (unpaired) electrons. The molecule has 132 valence electrons. The number of aliphatic hydroxyl groups is 1. The van der Waals surface area contributed by atoms with Gasteiger partial charge in [-0.3, -0.25) is 0 Å². The van der Waals surface area contributed by atoms with Crippen molar-refractivity contribution in [3.05, 3.63) is 29.3 Å². The first-order chi connectivity index (χ1) is 11.5. The molecule has 2 aliphatic rings. The second kappa shape index (κ2) is 7.01. The van der Waals surface area contributed by atoms with Crippen molar-refractivity contribution in [1.82, 2.24) is 10.2 Å². The van der Waals surface area contributed by atoms with Gasteiger partial charge in [-0.25, -0.2) is 4.79 Å². The van der Waals surface area contributed by atoms with Crippen LogP contribution in [-0.2, 0) is 6.42 Å². The van der Waals surface area contributed by atoms with Crippen LogP contribution in [0.25, 0.3) is 0 Å². The number of fused-ring (bicyclic) bond motifs is 1. The Bertz CT molecular complexity index is 600. The summed E-state index contributed by atoms with van der Waals surface area (Å²) in [6.07, 6.45) is 4.92. The normalized spacial score (nSPS) is 26.6. The van der Waals surface area contributed by atoms with E-state index in [2.05, 4.69) is 17.4 Å². The van der Waals surface area contributed by atoms with Crippen LogP contribution in [0.2, 0.25) is 0 Å². The fourth-order valence-electron chi connectivity index (χ4n) is 3.95. The predicted octanol–water partition coefficient (Wildman–Crippen LogP) is 2.67. The minimum atomic E-state index is -0.760. The van der Waals surface area contributed by atoms with E-state index < -0.39 is 5.60 Å². The molecule has 0 saturated carbocycles. The minimum Gasteiger partial charge on any atom is -0.497 e. The average molecular weight is 332 g/mol. The number of β-amino-alcohol motifs (C(OH)–C–C–N with tert-alkyl or cyclic N) is 1. The summed E-state index contributed by atoms with van der Waals surface area (Å²) < 4.78 is 5.31. The molecule has 1 aromatic rings. The summed E-state index contributed by atoms with van der Waals surface area (Å²) in [5.41, 5.74) is 1.90. The van der Waals surface area contributed by atoms with Crippen LogP contribution in [0.4, 0.5) is 4.79 Å². The van der Waals surface area contributed by atoms with Crippen LogP contribution in [0.15, 0.2) is 18.2 Å². The number of carbonyl (C=O) groups excluding carboxylic acids is 1. The standard InChI is InChI=1S/C19H28N2O3/c1-19(23)9-4-10-21(13-19)18(22)20-12-15-6-3-5-14-11-16(24-2)7-8-17(14)15/h7-8,11,15,23H,3-6,9-10,12-13H2,1-2H3,(H,20,22)/t15-,19-/m0/s1. The number of hydrogen-bond acceptors (Lipinski definition) is 3. The van der Waals surface area contributed by atoms with Crippen LogP contribution in [0.5, 0.6) is 5.75 Å². The lowest BCUT2D eigenvalue weighted by atomic mass is 9.82. The van der Waals surface area contributed by atoms with E-state index in [1.165, 1.54) is 11.1 Å². The molecule has 1 aliphatic carbocycles. The maximum atomic E-state index is 12.4. The lowest BCUT2D eigenvalue weighted by Gasteiger charge is -2.37. The highest BCUT2D eigenvalue weighted by molar-refractivity contribution is 5.74. The Labute approximate surface area is 144 Å². The molecule has 5 heteroatoms. The number of amides is 2. The summed E-state index contributed by atoms with van der Waals surface area (Å²) in [7, 11) is 1.69. The van der Waals surface area contributed by atoms with Crippen LogP contribution < -0.4 is 10.1 Å². The van der Waals surface area contributed by atoms with E-state index in [0.717, 1.165) is 44.4 Å². The number of rotatable bonds is 3. The van der Waals surface area contributed by atoms with Crippen LogP contribution in [0, 0.1) is 0 Å². The minimum absolute atomic E-state index is 0.0596. The molecular weight excluding hydrogens is 304 g/mol. The number of hydrogen-bond donors (Lipinski definition) is 2. The van der Waals surface area contributed by atoms with Gasteiger partial charge in [-0.15, -0.1) is 0 Å². The Morgan fingerprint density at radius 3 is 3.04 bits per heavy atom. The number of carbonyl (C=O) groups is 1. The van der Waals surface area contributed by atoms with Crippen molar-refractivity contribution in [2.45, 2.75) is 50.5 Å². The number of nitrogens with zero attached hydrogens (tertiary/aromatic N) is 1. The van der Waals surface area contributed by atoms with Gasteiger partial charge in [0.15, 0.2) is 0 Å². The summed E-state index contributed by atoms with van der Waals surface area (Å²) in [6.45, 7) is 3.59. The van der Waals surface area contributed by atoms with Gasteiger partial charge in [-0.1, -0.05) is 6.07 Å². The summed E-state index contributed by atoms with van der Waals surface area (Å²) in [5, 5.41) is 13.2. The maximum Gasteiger partial charge on any atom is 0.317 e. The van der Waals surface area contributed by atoms with Crippen LogP contribution >= 0.6 is 0 Å². The predicted molar refractivity (Wildman–Crippen MR) is 93.5 cm³/mol. The molecule has 1 heterocycles. The first-order valence-corrected chi connectivity index (χ1v) is 8.90. The fraction of sp³-hybridized carbons (Fsp3) is 0.632. The number of urea groups is 1. The molecule has 1 fully saturated rings. The first-order valence-electron chi connectivity index (χ1n) is 8.90. The van der Waals surface area contributed by atoms with Crippen molar-refractivity contribution >= 4 is 6.03 Å². The van der Waals surface area contributed by atoms with E-state index in [1.54, 1.807) is 18.9 Å². The van der Waals surface area contributed by atoms with Gasteiger partial charge in [-0.05, 0) is 62.3 Å². The molecule has 0 aromatic heterocycles. The summed E-state index contributed by atoms with van der Waals surface area (Å²) in [5.74, 6) is 1.25. The highest BCUT2D eigenvalue weighted by atomic mass is 16.5. The second-order valence-corrected chi connectivity index (χ2v) is 7.36. The molecule has 2 N–H and O–H groups in total. The van der Waals surface area contributed by atoms with Crippen molar-refractivity contribution in [3.8, 4) is 5.75 Å². The number of likely N-dealkylation sites (tertiary alicyclic amines) is 1. The van der Waals surface area contributed by atoms with Gasteiger partial charge >= 0.3 is 6.03 Å². The lowest BCUT2D eigenvalue weighted by molar-refractivity contribution is -0.00251. The molecule has 0 bridgehead atoms. The smallest absolute Gasteiger partial charge is 0.317 e. The zero-order valence-electron chi connectivity index (χ0n) is 14.7. The Kier molecular flexibility index (Phi) is 4.99.